The molecule has 2 aliphatic rings. The van der Waals surface area contributed by atoms with Crippen molar-refractivity contribution in [2.45, 2.75) is 12.7 Å². The highest BCUT2D eigenvalue weighted by molar-refractivity contribution is 6.01. The molecule has 0 radical (unpaired) electrons. The predicted octanol–water partition coefficient (Wildman–Crippen LogP) is 4.20. The van der Waals surface area contributed by atoms with Crippen LogP contribution >= 0.6 is 0 Å². The smallest absolute Gasteiger partial charge is 0.258 e. The van der Waals surface area contributed by atoms with Gasteiger partial charge in [0.15, 0.2) is 11.5 Å². The summed E-state index contributed by atoms with van der Waals surface area (Å²) < 4.78 is 21.9. The van der Waals surface area contributed by atoms with E-state index in [1.54, 1.807) is 19.1 Å². The first-order valence-corrected chi connectivity index (χ1v) is 9.95. The van der Waals surface area contributed by atoms with Crippen LogP contribution in [0.1, 0.15) is 27.7 Å². The number of carbonyl (C=O) groups is 1. The average Bonchev–Trinajstić information content (AvgIpc) is 3.28. The summed E-state index contributed by atoms with van der Waals surface area (Å²) in [6.07, 6.45) is -0.423. The minimum absolute atomic E-state index is 0.0603. The van der Waals surface area contributed by atoms with Crippen molar-refractivity contribution in [3.63, 3.8) is 0 Å². The summed E-state index contributed by atoms with van der Waals surface area (Å²) in [5.74, 6) is 2.67. The molecule has 0 saturated heterocycles. The molecule has 1 N–H and O–H groups in total. The molecule has 158 valence electrons. The zero-order valence-electron chi connectivity index (χ0n) is 17.3. The Kier molecular flexibility index (Phi) is 4.78. The molecule has 3 aromatic rings. The molecule has 0 saturated carbocycles. The summed E-state index contributed by atoms with van der Waals surface area (Å²) in [5.41, 5.74) is 3.20. The van der Waals surface area contributed by atoms with Crippen LogP contribution in [0, 0.1) is 0 Å². The number of hydrogen-bond donors (Lipinski definition) is 1. The van der Waals surface area contributed by atoms with Crippen molar-refractivity contribution in [2.75, 3.05) is 26.3 Å². The lowest BCUT2D eigenvalue weighted by Gasteiger charge is -2.38. The molecule has 7 heteroatoms. The Bertz CT molecular complexity index is 1150. The van der Waals surface area contributed by atoms with Crippen LogP contribution in [0.3, 0.4) is 0 Å². The molecule has 0 fully saturated rings. The van der Waals surface area contributed by atoms with Gasteiger partial charge in [-0.2, -0.15) is 0 Å². The summed E-state index contributed by atoms with van der Waals surface area (Å²) in [5, 5.41) is 3.51. The molecule has 0 aromatic heterocycles. The number of benzene rings is 3. The van der Waals surface area contributed by atoms with E-state index in [-0.39, 0.29) is 12.7 Å². The minimum atomic E-state index is -0.423. The molecule has 2 heterocycles. The van der Waals surface area contributed by atoms with Crippen LogP contribution in [0.2, 0.25) is 0 Å². The van der Waals surface area contributed by atoms with E-state index in [4.69, 9.17) is 18.9 Å². The number of hydrogen-bond acceptors (Lipinski definition) is 6. The molecule has 5 rings (SSSR count). The van der Waals surface area contributed by atoms with Crippen molar-refractivity contribution in [3.05, 3.63) is 77.4 Å². The second-order valence-electron chi connectivity index (χ2n) is 7.32. The fourth-order valence-corrected chi connectivity index (χ4v) is 3.98. The summed E-state index contributed by atoms with van der Waals surface area (Å²) in [4.78, 5) is 15.3. The molecule has 1 amide bonds. The molecule has 3 aromatic carbocycles. The van der Waals surface area contributed by atoms with Gasteiger partial charge >= 0.3 is 0 Å². The highest BCUT2D eigenvalue weighted by atomic mass is 16.7. The van der Waals surface area contributed by atoms with Gasteiger partial charge < -0.3 is 29.2 Å². The van der Waals surface area contributed by atoms with Crippen molar-refractivity contribution in [1.29, 1.82) is 0 Å². The van der Waals surface area contributed by atoms with Crippen molar-refractivity contribution in [1.82, 2.24) is 4.90 Å². The monoisotopic (exact) mass is 418 g/mol. The normalized spacial score (nSPS) is 16.5. The number of nitrogens with zero attached hydrogens (tertiary/aromatic N) is 1. The van der Waals surface area contributed by atoms with E-state index < -0.39 is 6.17 Å². The highest BCUT2D eigenvalue weighted by Gasteiger charge is 2.34. The zero-order chi connectivity index (χ0) is 21.4. The zero-order valence-corrected chi connectivity index (χ0v) is 17.3. The quantitative estimate of drug-likeness (QED) is 0.670. The minimum Gasteiger partial charge on any atom is -0.497 e. The molecule has 0 bridgehead atoms. The topological polar surface area (TPSA) is 69.3 Å². The van der Waals surface area contributed by atoms with Gasteiger partial charge in [-0.15, -0.1) is 0 Å². The van der Waals surface area contributed by atoms with Crippen LogP contribution in [0.25, 0.3) is 0 Å². The number of para-hydroxylation sites is 1. The molecule has 0 spiro atoms. The van der Waals surface area contributed by atoms with Gasteiger partial charge in [0.25, 0.3) is 5.91 Å². The van der Waals surface area contributed by atoms with E-state index in [1.165, 1.54) is 0 Å². The summed E-state index contributed by atoms with van der Waals surface area (Å²) in [6, 6.07) is 18.9. The molecule has 0 unspecified atom stereocenters. The lowest BCUT2D eigenvalue weighted by Crippen LogP contribution is -2.42. The maximum Gasteiger partial charge on any atom is 0.258 e. The third-order valence-corrected chi connectivity index (χ3v) is 5.55. The van der Waals surface area contributed by atoms with E-state index in [2.05, 4.69) is 5.32 Å². The highest BCUT2D eigenvalue weighted by Crippen LogP contribution is 2.40. The molecule has 7 nitrogen and oxygen atoms in total. The summed E-state index contributed by atoms with van der Waals surface area (Å²) in [6.45, 7) is 0.596. The maximum atomic E-state index is 13.5. The standard InChI is InChI=1S/C24H22N2O5/c1-28-16-8-9-18(21(12-16)29-2)23-25-19-6-4-3-5-17(19)24(27)26(23)13-15-7-10-20-22(11-15)31-14-30-20/h3-12,23,25H,13-14H2,1-2H3/t23-/m1/s1. The van der Waals surface area contributed by atoms with Gasteiger partial charge in [0, 0.05) is 23.9 Å². The molecule has 1 atom stereocenters. The average molecular weight is 418 g/mol. The maximum absolute atomic E-state index is 13.5. The molecule has 2 aliphatic heterocycles. The predicted molar refractivity (Wildman–Crippen MR) is 115 cm³/mol. The first-order valence-electron chi connectivity index (χ1n) is 9.95. The Morgan fingerprint density at radius 2 is 1.84 bits per heavy atom. The largest absolute Gasteiger partial charge is 0.497 e. The van der Waals surface area contributed by atoms with Crippen LogP contribution in [0.5, 0.6) is 23.0 Å². The number of rotatable bonds is 5. The number of carbonyl (C=O) groups excluding carboxylic acids is 1. The Labute approximate surface area is 180 Å². The van der Waals surface area contributed by atoms with Crippen molar-refractivity contribution < 1.29 is 23.7 Å². The number of fused-ring (bicyclic) bond motifs is 2. The Morgan fingerprint density at radius 3 is 2.68 bits per heavy atom. The van der Waals surface area contributed by atoms with E-state index in [1.807, 2.05) is 60.7 Å². The van der Waals surface area contributed by atoms with Gasteiger partial charge in [0.1, 0.15) is 17.7 Å². The molecule has 0 aliphatic carbocycles. The van der Waals surface area contributed by atoms with E-state index >= 15 is 0 Å². The van der Waals surface area contributed by atoms with E-state index in [0.717, 1.165) is 16.8 Å². The van der Waals surface area contributed by atoms with Crippen LogP contribution < -0.4 is 24.3 Å². The summed E-state index contributed by atoms with van der Waals surface area (Å²) in [7, 11) is 3.22. The Balaban J connectivity index is 1.57. The van der Waals surface area contributed by atoms with Gasteiger partial charge in [-0.3, -0.25) is 4.79 Å². The Hall–Kier alpha value is -3.87. The van der Waals surface area contributed by atoms with Crippen molar-refractivity contribution >= 4 is 11.6 Å². The van der Waals surface area contributed by atoms with E-state index in [0.29, 0.717) is 35.1 Å². The van der Waals surface area contributed by atoms with Gasteiger partial charge in [0.05, 0.1) is 19.8 Å². The second kappa shape index (κ2) is 7.75. The van der Waals surface area contributed by atoms with Gasteiger partial charge in [-0.1, -0.05) is 18.2 Å². The van der Waals surface area contributed by atoms with E-state index in [9.17, 15) is 4.79 Å². The number of amides is 1. The van der Waals surface area contributed by atoms with Gasteiger partial charge in [-0.25, -0.2) is 0 Å². The van der Waals surface area contributed by atoms with Gasteiger partial charge in [0.2, 0.25) is 6.79 Å². The first kappa shape index (κ1) is 19.1. The lowest BCUT2D eigenvalue weighted by atomic mass is 10.0. The molecular formula is C24H22N2O5. The van der Waals surface area contributed by atoms with Crippen molar-refractivity contribution in [3.8, 4) is 23.0 Å². The SMILES string of the molecule is COc1ccc([C@@H]2Nc3ccccc3C(=O)N2Cc2ccc3c(c2)OCO3)c(OC)c1. The van der Waals surface area contributed by atoms with Crippen molar-refractivity contribution in [2.24, 2.45) is 0 Å². The van der Waals surface area contributed by atoms with Crippen LogP contribution in [0.4, 0.5) is 5.69 Å². The number of nitrogens with one attached hydrogen (secondary N) is 1. The number of ether oxygens (including phenoxy) is 4. The third-order valence-electron chi connectivity index (χ3n) is 5.55. The van der Waals surface area contributed by atoms with Crippen LogP contribution in [0.15, 0.2) is 60.7 Å². The van der Waals surface area contributed by atoms with Crippen LogP contribution in [-0.2, 0) is 6.54 Å². The Morgan fingerprint density at radius 1 is 1.00 bits per heavy atom. The fraction of sp³-hybridized carbons (Fsp3) is 0.208. The third kappa shape index (κ3) is 3.38. The number of methoxy groups -OCH3 is 2. The van der Waals surface area contributed by atoms with Gasteiger partial charge in [-0.05, 0) is 42.0 Å². The lowest BCUT2D eigenvalue weighted by molar-refractivity contribution is 0.0664. The summed E-state index contributed by atoms with van der Waals surface area (Å²) >= 11 is 0. The molecule has 31 heavy (non-hydrogen) atoms. The number of anilines is 1. The first-order chi connectivity index (χ1) is 15.2. The second-order valence-corrected chi connectivity index (χ2v) is 7.32. The van der Waals surface area contributed by atoms with Crippen LogP contribution in [-0.4, -0.2) is 31.8 Å². The fourth-order valence-electron chi connectivity index (χ4n) is 3.98. The molecular weight excluding hydrogens is 396 g/mol.